The van der Waals surface area contributed by atoms with E-state index < -0.39 is 8.60 Å². The van der Waals surface area contributed by atoms with Crippen LogP contribution in [0.1, 0.15) is 40.5 Å². The SMILES string of the molecule is CC1(C)CCC(C)(C)OP([O-])O1. The Morgan fingerprint density at radius 3 is 1.67 bits per heavy atom. The zero-order chi connectivity index (χ0) is 9.41. The summed E-state index contributed by atoms with van der Waals surface area (Å²) < 4.78 is 10.4. The lowest BCUT2D eigenvalue weighted by Gasteiger charge is -2.31. The molecule has 72 valence electrons. The van der Waals surface area contributed by atoms with Crippen LogP contribution >= 0.6 is 8.60 Å². The molecule has 0 saturated carbocycles. The van der Waals surface area contributed by atoms with Gasteiger partial charge in [0.15, 0.2) is 0 Å². The highest BCUT2D eigenvalue weighted by molar-refractivity contribution is 7.39. The highest BCUT2D eigenvalue weighted by Gasteiger charge is 2.31. The van der Waals surface area contributed by atoms with Gasteiger partial charge in [0.05, 0.1) is 19.8 Å². The molecule has 0 aromatic rings. The second-order valence-corrected chi connectivity index (χ2v) is 5.24. The van der Waals surface area contributed by atoms with Crippen LogP contribution in [0.2, 0.25) is 0 Å². The van der Waals surface area contributed by atoms with Crippen molar-refractivity contribution in [1.82, 2.24) is 0 Å². The van der Waals surface area contributed by atoms with Crippen LogP contribution in [0, 0.1) is 0 Å². The van der Waals surface area contributed by atoms with Gasteiger partial charge in [0.25, 0.3) is 0 Å². The molecule has 0 aromatic carbocycles. The van der Waals surface area contributed by atoms with E-state index in [2.05, 4.69) is 0 Å². The van der Waals surface area contributed by atoms with Crippen molar-refractivity contribution in [2.75, 3.05) is 0 Å². The van der Waals surface area contributed by atoms with Crippen LogP contribution in [-0.4, -0.2) is 11.2 Å². The summed E-state index contributed by atoms with van der Waals surface area (Å²) in [6.07, 6.45) is 1.75. The van der Waals surface area contributed by atoms with E-state index in [0.29, 0.717) is 0 Å². The lowest BCUT2D eigenvalue weighted by Crippen LogP contribution is -2.23. The smallest absolute Gasteiger partial charge is 0.0844 e. The minimum Gasteiger partial charge on any atom is -0.786 e. The van der Waals surface area contributed by atoms with Gasteiger partial charge in [-0.2, -0.15) is 0 Å². The molecule has 1 fully saturated rings. The van der Waals surface area contributed by atoms with E-state index in [0.717, 1.165) is 12.8 Å². The maximum absolute atomic E-state index is 11.2. The highest BCUT2D eigenvalue weighted by atomic mass is 31.2. The first-order valence-electron chi connectivity index (χ1n) is 4.16. The molecule has 4 heteroatoms. The molecule has 1 heterocycles. The van der Waals surface area contributed by atoms with Gasteiger partial charge in [-0.1, -0.05) is 0 Å². The summed E-state index contributed by atoms with van der Waals surface area (Å²) >= 11 is 0. The molecule has 0 N–H and O–H groups in total. The quantitative estimate of drug-likeness (QED) is 0.549. The van der Waals surface area contributed by atoms with Crippen molar-refractivity contribution in [3.63, 3.8) is 0 Å². The van der Waals surface area contributed by atoms with E-state index in [1.807, 2.05) is 27.7 Å². The number of rotatable bonds is 0. The molecule has 0 aromatic heterocycles. The van der Waals surface area contributed by atoms with Crippen LogP contribution in [0.25, 0.3) is 0 Å². The summed E-state index contributed by atoms with van der Waals surface area (Å²) in [5, 5.41) is 0. The topological polar surface area (TPSA) is 41.5 Å². The fourth-order valence-electron chi connectivity index (χ4n) is 1.12. The molecule has 1 rings (SSSR count). The Balaban J connectivity index is 2.66. The molecule has 1 saturated heterocycles. The maximum Gasteiger partial charge on any atom is 0.0844 e. The van der Waals surface area contributed by atoms with Gasteiger partial charge in [-0.3, -0.25) is 0 Å². The molecule has 1 aliphatic heterocycles. The van der Waals surface area contributed by atoms with Crippen molar-refractivity contribution in [2.45, 2.75) is 51.7 Å². The molecule has 0 amide bonds. The van der Waals surface area contributed by atoms with Crippen LogP contribution in [0.3, 0.4) is 0 Å². The van der Waals surface area contributed by atoms with Gasteiger partial charge in [-0.15, -0.1) is 0 Å². The molecule has 0 spiro atoms. The van der Waals surface area contributed by atoms with Crippen molar-refractivity contribution in [1.29, 1.82) is 0 Å². The molecule has 0 aliphatic carbocycles. The van der Waals surface area contributed by atoms with E-state index in [4.69, 9.17) is 9.05 Å². The van der Waals surface area contributed by atoms with E-state index in [1.165, 1.54) is 0 Å². The van der Waals surface area contributed by atoms with E-state index in [1.54, 1.807) is 0 Å². The van der Waals surface area contributed by atoms with Gasteiger partial charge >= 0.3 is 0 Å². The van der Waals surface area contributed by atoms with Crippen molar-refractivity contribution in [3.05, 3.63) is 0 Å². The third kappa shape index (κ3) is 2.98. The summed E-state index contributed by atoms with van der Waals surface area (Å²) in [5.74, 6) is 0. The second-order valence-electron chi connectivity index (χ2n) is 4.43. The fraction of sp³-hybridized carbons (Fsp3) is 1.00. The van der Waals surface area contributed by atoms with Gasteiger partial charge < -0.3 is 13.9 Å². The van der Waals surface area contributed by atoms with Crippen LogP contribution in [-0.2, 0) is 9.05 Å². The molecule has 0 radical (unpaired) electrons. The Morgan fingerprint density at radius 2 is 1.33 bits per heavy atom. The Bertz CT molecular complexity index is 150. The Hall–Kier alpha value is 0.310. The number of hydrogen-bond donors (Lipinski definition) is 0. The van der Waals surface area contributed by atoms with Gasteiger partial charge in [0.2, 0.25) is 0 Å². The van der Waals surface area contributed by atoms with Crippen molar-refractivity contribution < 1.29 is 13.9 Å². The average Bonchev–Trinajstić information content (AvgIpc) is 1.87. The van der Waals surface area contributed by atoms with Crippen molar-refractivity contribution in [2.24, 2.45) is 0 Å². The predicted molar refractivity (Wildman–Crippen MR) is 46.5 cm³/mol. The molecular weight excluding hydrogens is 175 g/mol. The van der Waals surface area contributed by atoms with Gasteiger partial charge in [0.1, 0.15) is 0 Å². The molecular formula is C8H16O3P-. The summed E-state index contributed by atoms with van der Waals surface area (Å²) in [4.78, 5) is 11.2. The lowest BCUT2D eigenvalue weighted by molar-refractivity contribution is -0.216. The molecule has 3 nitrogen and oxygen atoms in total. The molecule has 0 unspecified atom stereocenters. The van der Waals surface area contributed by atoms with Gasteiger partial charge in [-0.25, -0.2) is 0 Å². The Morgan fingerprint density at radius 1 is 1.00 bits per heavy atom. The zero-order valence-corrected chi connectivity index (χ0v) is 8.98. The highest BCUT2D eigenvalue weighted by Crippen LogP contribution is 2.45. The summed E-state index contributed by atoms with van der Waals surface area (Å²) in [5.41, 5.74) is -0.636. The van der Waals surface area contributed by atoms with Crippen molar-refractivity contribution in [3.8, 4) is 0 Å². The minimum atomic E-state index is -1.94. The first-order chi connectivity index (χ1) is 5.31. The van der Waals surface area contributed by atoms with E-state index in [9.17, 15) is 4.89 Å². The van der Waals surface area contributed by atoms with Gasteiger partial charge in [-0.05, 0) is 40.5 Å². The molecule has 0 bridgehead atoms. The maximum atomic E-state index is 11.2. The van der Waals surface area contributed by atoms with E-state index >= 15 is 0 Å². The van der Waals surface area contributed by atoms with Crippen LogP contribution in [0.5, 0.6) is 0 Å². The summed E-state index contributed by atoms with van der Waals surface area (Å²) in [7, 11) is -1.94. The van der Waals surface area contributed by atoms with Crippen LogP contribution in [0.4, 0.5) is 0 Å². The lowest BCUT2D eigenvalue weighted by atomic mass is 9.94. The third-order valence-electron chi connectivity index (χ3n) is 1.97. The first kappa shape index (κ1) is 10.4. The minimum absolute atomic E-state index is 0.318. The monoisotopic (exact) mass is 191 g/mol. The number of hydrogen-bond acceptors (Lipinski definition) is 3. The van der Waals surface area contributed by atoms with Gasteiger partial charge in [0, 0.05) is 0 Å². The fourth-order valence-corrected chi connectivity index (χ4v) is 2.14. The van der Waals surface area contributed by atoms with Crippen LogP contribution < -0.4 is 4.89 Å². The Labute approximate surface area is 75.1 Å². The normalized spacial score (nSPS) is 29.8. The standard InChI is InChI=1S/C8H16O3P/c1-7(2)5-6-8(3,4)11-12(9)10-7/h5-6H2,1-4H3/q-1. The molecule has 0 atom stereocenters. The van der Waals surface area contributed by atoms with Crippen molar-refractivity contribution >= 4 is 8.60 Å². The predicted octanol–water partition coefficient (Wildman–Crippen LogP) is 1.96. The van der Waals surface area contributed by atoms with Crippen LogP contribution in [0.15, 0.2) is 0 Å². The zero-order valence-electron chi connectivity index (χ0n) is 8.09. The summed E-state index contributed by atoms with van der Waals surface area (Å²) in [6, 6.07) is 0. The first-order valence-corrected chi connectivity index (χ1v) is 5.26. The third-order valence-corrected chi connectivity index (χ3v) is 3.26. The average molecular weight is 191 g/mol. The molecule has 1 aliphatic rings. The largest absolute Gasteiger partial charge is 0.786 e. The molecule has 12 heavy (non-hydrogen) atoms. The summed E-state index contributed by atoms with van der Waals surface area (Å²) in [6.45, 7) is 7.74. The Kier molecular flexibility index (Phi) is 2.79. The van der Waals surface area contributed by atoms with E-state index in [-0.39, 0.29) is 11.2 Å². The second kappa shape index (κ2) is 3.22.